The topological polar surface area (TPSA) is 38.4 Å². The average Bonchev–Trinajstić information content (AvgIpc) is 3.42. The van der Waals surface area contributed by atoms with Gasteiger partial charge in [0, 0.05) is 49.2 Å². The van der Waals surface area contributed by atoms with Crippen molar-refractivity contribution >= 4 is 16.3 Å². The minimum atomic E-state index is -0.218. The lowest BCUT2D eigenvalue weighted by molar-refractivity contribution is 0.154. The Hall–Kier alpha value is -2.51. The Morgan fingerprint density at radius 1 is 1.21 bits per heavy atom. The molecule has 1 saturated heterocycles. The van der Waals surface area contributed by atoms with Gasteiger partial charge >= 0.3 is 0 Å². The van der Waals surface area contributed by atoms with Crippen molar-refractivity contribution in [3.05, 3.63) is 65.6 Å². The Balaban J connectivity index is 1.39. The molecule has 150 valence electrons. The van der Waals surface area contributed by atoms with E-state index in [1.807, 2.05) is 18.3 Å². The van der Waals surface area contributed by atoms with Gasteiger partial charge in [0.2, 0.25) is 0 Å². The lowest BCUT2D eigenvalue weighted by atomic mass is 9.97. The molecule has 7 heteroatoms. The summed E-state index contributed by atoms with van der Waals surface area (Å²) in [5, 5.41) is 2.07. The van der Waals surface area contributed by atoms with Gasteiger partial charge in [-0.3, -0.25) is 9.30 Å². The van der Waals surface area contributed by atoms with Gasteiger partial charge in [-0.1, -0.05) is 0 Å². The van der Waals surface area contributed by atoms with Gasteiger partial charge in [-0.25, -0.2) is 14.4 Å². The molecule has 4 heterocycles. The molecule has 0 aliphatic carbocycles. The second-order valence-electron chi connectivity index (χ2n) is 7.84. The number of hydrogen-bond donors (Lipinski definition) is 0. The van der Waals surface area contributed by atoms with Crippen LogP contribution in [0.15, 0.2) is 48.2 Å². The van der Waals surface area contributed by atoms with Crippen LogP contribution < -0.4 is 0 Å². The maximum atomic E-state index is 13.4. The summed E-state index contributed by atoms with van der Waals surface area (Å²) < 4.78 is 17.9. The first kappa shape index (κ1) is 18.5. The maximum Gasteiger partial charge on any atom is 0.194 e. The number of rotatable bonds is 5. The van der Waals surface area contributed by atoms with Crippen LogP contribution in [-0.4, -0.2) is 36.9 Å². The number of nitrogens with zero attached hydrogens (tertiary/aromatic N) is 5. The summed E-state index contributed by atoms with van der Waals surface area (Å²) >= 11 is 1.64. The number of benzene rings is 1. The summed E-state index contributed by atoms with van der Waals surface area (Å²) in [5.74, 6) is 1.48. The number of aromatic nitrogens is 4. The van der Waals surface area contributed by atoms with E-state index < -0.39 is 0 Å². The number of aryl methyl sites for hydroxylation is 1. The van der Waals surface area contributed by atoms with Crippen LogP contribution in [0.25, 0.3) is 16.2 Å². The number of thiazole rings is 1. The van der Waals surface area contributed by atoms with Crippen LogP contribution >= 0.6 is 11.3 Å². The molecule has 1 fully saturated rings. The predicted molar refractivity (Wildman–Crippen MR) is 113 cm³/mol. The highest BCUT2D eigenvalue weighted by Gasteiger charge is 2.24. The van der Waals surface area contributed by atoms with Crippen LogP contribution in [0.5, 0.6) is 0 Å². The molecule has 0 spiro atoms. The van der Waals surface area contributed by atoms with Gasteiger partial charge in [0.25, 0.3) is 0 Å². The largest absolute Gasteiger partial charge is 0.335 e. The van der Waals surface area contributed by atoms with Gasteiger partial charge in [0.15, 0.2) is 4.96 Å². The molecule has 5 rings (SSSR count). The number of hydrogen-bond acceptors (Lipinski definition) is 4. The summed E-state index contributed by atoms with van der Waals surface area (Å²) in [4.78, 5) is 12.7. The van der Waals surface area contributed by atoms with Crippen molar-refractivity contribution in [1.82, 2.24) is 23.8 Å². The van der Waals surface area contributed by atoms with E-state index in [1.54, 1.807) is 11.3 Å². The van der Waals surface area contributed by atoms with E-state index in [0.29, 0.717) is 5.92 Å². The van der Waals surface area contributed by atoms with E-state index >= 15 is 0 Å². The van der Waals surface area contributed by atoms with E-state index in [2.05, 4.69) is 43.5 Å². The Morgan fingerprint density at radius 2 is 2.07 bits per heavy atom. The molecule has 0 amide bonds. The minimum absolute atomic E-state index is 0.218. The zero-order chi connectivity index (χ0) is 19.8. The van der Waals surface area contributed by atoms with Crippen LogP contribution in [0.1, 0.15) is 24.4 Å². The fourth-order valence-electron chi connectivity index (χ4n) is 4.35. The predicted octanol–water partition coefficient (Wildman–Crippen LogP) is 4.62. The molecule has 1 aliphatic heterocycles. The zero-order valence-electron chi connectivity index (χ0n) is 16.5. The van der Waals surface area contributed by atoms with E-state index in [-0.39, 0.29) is 5.82 Å². The third kappa shape index (κ3) is 3.72. The molecule has 0 saturated carbocycles. The molecule has 1 atom stereocenters. The van der Waals surface area contributed by atoms with Gasteiger partial charge in [0.1, 0.15) is 11.6 Å². The Morgan fingerprint density at radius 3 is 2.86 bits per heavy atom. The van der Waals surface area contributed by atoms with E-state index in [9.17, 15) is 4.39 Å². The first-order chi connectivity index (χ1) is 14.2. The molecular weight excluding hydrogens is 385 g/mol. The average molecular weight is 410 g/mol. The molecule has 0 unspecified atom stereocenters. The lowest BCUT2D eigenvalue weighted by Crippen LogP contribution is -2.37. The smallest absolute Gasteiger partial charge is 0.194 e. The van der Waals surface area contributed by atoms with Crippen molar-refractivity contribution in [3.63, 3.8) is 0 Å². The zero-order valence-corrected chi connectivity index (χ0v) is 17.3. The van der Waals surface area contributed by atoms with Crippen LogP contribution in [0.3, 0.4) is 0 Å². The second-order valence-corrected chi connectivity index (χ2v) is 8.71. The molecular formula is C22H24FN5S. The SMILES string of the molecule is Cc1nccn1C[C@H]1CCCN(Cc2c(-c3ccc(F)cc3)nc3sccn23)C1. The van der Waals surface area contributed by atoms with Gasteiger partial charge in [-0.05, 0) is 56.5 Å². The van der Waals surface area contributed by atoms with Crippen molar-refractivity contribution in [2.75, 3.05) is 13.1 Å². The Kier molecular flexibility index (Phi) is 4.93. The van der Waals surface area contributed by atoms with Gasteiger partial charge < -0.3 is 4.57 Å². The van der Waals surface area contributed by atoms with Gasteiger partial charge in [-0.15, -0.1) is 11.3 Å². The van der Waals surface area contributed by atoms with Crippen molar-refractivity contribution in [1.29, 1.82) is 0 Å². The molecule has 0 N–H and O–H groups in total. The molecule has 3 aromatic heterocycles. The highest BCUT2D eigenvalue weighted by Crippen LogP contribution is 2.29. The van der Waals surface area contributed by atoms with Crippen molar-refractivity contribution in [3.8, 4) is 11.3 Å². The third-order valence-electron chi connectivity index (χ3n) is 5.83. The number of halogens is 1. The summed E-state index contributed by atoms with van der Waals surface area (Å²) in [6.45, 7) is 6.10. The van der Waals surface area contributed by atoms with Crippen LogP contribution in [0.2, 0.25) is 0 Å². The monoisotopic (exact) mass is 409 g/mol. The first-order valence-corrected chi connectivity index (χ1v) is 11.0. The number of likely N-dealkylation sites (tertiary alicyclic amines) is 1. The standard InChI is InChI=1S/C22H24FN5S/c1-16-24-8-10-27(16)14-17-3-2-9-26(13-17)15-20-21(18-4-6-19(23)7-5-18)25-22-28(20)11-12-29-22/h4-8,10-12,17H,2-3,9,13-15H2,1H3/t17-/m0/s1. The Bertz CT molecular complexity index is 1110. The molecule has 0 bridgehead atoms. The van der Waals surface area contributed by atoms with Crippen LogP contribution in [-0.2, 0) is 13.1 Å². The molecule has 5 nitrogen and oxygen atoms in total. The van der Waals surface area contributed by atoms with Crippen molar-refractivity contribution < 1.29 is 4.39 Å². The quantitative estimate of drug-likeness (QED) is 0.483. The summed E-state index contributed by atoms with van der Waals surface area (Å²) in [7, 11) is 0. The summed E-state index contributed by atoms with van der Waals surface area (Å²) in [5.41, 5.74) is 3.12. The van der Waals surface area contributed by atoms with E-state index in [1.165, 1.54) is 30.7 Å². The van der Waals surface area contributed by atoms with Crippen molar-refractivity contribution in [2.24, 2.45) is 5.92 Å². The first-order valence-electron chi connectivity index (χ1n) is 10.1. The molecule has 1 aromatic carbocycles. The normalized spacial score (nSPS) is 17.9. The molecule has 4 aromatic rings. The fraction of sp³-hybridized carbons (Fsp3) is 0.364. The van der Waals surface area contributed by atoms with E-state index in [0.717, 1.165) is 48.2 Å². The second kappa shape index (κ2) is 7.72. The van der Waals surface area contributed by atoms with Crippen LogP contribution in [0.4, 0.5) is 4.39 Å². The highest BCUT2D eigenvalue weighted by molar-refractivity contribution is 7.15. The van der Waals surface area contributed by atoms with E-state index in [4.69, 9.17) is 4.98 Å². The third-order valence-corrected chi connectivity index (χ3v) is 6.59. The number of fused-ring (bicyclic) bond motifs is 1. The summed E-state index contributed by atoms with van der Waals surface area (Å²) in [6.07, 6.45) is 8.50. The minimum Gasteiger partial charge on any atom is -0.335 e. The summed E-state index contributed by atoms with van der Waals surface area (Å²) in [6, 6.07) is 6.67. The lowest BCUT2D eigenvalue weighted by Gasteiger charge is -2.33. The van der Waals surface area contributed by atoms with Crippen LogP contribution in [0, 0.1) is 18.7 Å². The number of piperidine rings is 1. The molecule has 0 radical (unpaired) electrons. The maximum absolute atomic E-state index is 13.4. The van der Waals surface area contributed by atoms with Crippen molar-refractivity contribution in [2.45, 2.75) is 32.9 Å². The van der Waals surface area contributed by atoms with Gasteiger partial charge in [-0.2, -0.15) is 0 Å². The molecule has 1 aliphatic rings. The molecule has 29 heavy (non-hydrogen) atoms. The van der Waals surface area contributed by atoms with Gasteiger partial charge in [0.05, 0.1) is 11.4 Å². The number of imidazole rings is 2. The highest BCUT2D eigenvalue weighted by atomic mass is 32.1. The fourth-order valence-corrected chi connectivity index (χ4v) is 5.09. The Labute approximate surface area is 173 Å².